The third-order valence-electron chi connectivity index (χ3n) is 6.04. The van der Waals surface area contributed by atoms with Crippen LogP contribution in [0.2, 0.25) is 0 Å². The minimum absolute atomic E-state index is 0.139. The van der Waals surface area contributed by atoms with Gasteiger partial charge in [0.1, 0.15) is 18.2 Å². The normalized spacial score (nSPS) is 19.4. The van der Waals surface area contributed by atoms with Gasteiger partial charge in [-0.3, -0.25) is 4.79 Å². The van der Waals surface area contributed by atoms with E-state index in [1.165, 1.54) is 23.8 Å². The van der Waals surface area contributed by atoms with Crippen LogP contribution in [0.5, 0.6) is 5.75 Å². The van der Waals surface area contributed by atoms with Crippen molar-refractivity contribution in [3.8, 4) is 5.75 Å². The highest BCUT2D eigenvalue weighted by molar-refractivity contribution is 7.98. The number of amides is 1. The van der Waals surface area contributed by atoms with E-state index < -0.39 is 5.82 Å². The molecule has 1 amide bonds. The predicted molar refractivity (Wildman–Crippen MR) is 119 cm³/mol. The molecule has 2 aromatic rings. The summed E-state index contributed by atoms with van der Waals surface area (Å²) in [4.78, 5) is 18.5. The van der Waals surface area contributed by atoms with Gasteiger partial charge in [0.05, 0.1) is 5.56 Å². The molecule has 2 aromatic carbocycles. The van der Waals surface area contributed by atoms with E-state index in [0.29, 0.717) is 18.9 Å². The Kier molecular flexibility index (Phi) is 6.95. The van der Waals surface area contributed by atoms with E-state index in [0.717, 1.165) is 38.0 Å². The summed E-state index contributed by atoms with van der Waals surface area (Å²) in [7, 11) is 0. The molecule has 2 aliphatic heterocycles. The van der Waals surface area contributed by atoms with Gasteiger partial charge in [-0.15, -0.1) is 11.8 Å². The number of carbonyl (C=O) groups is 1. The third kappa shape index (κ3) is 4.98. The number of nitrogens with zero attached hydrogens (tertiary/aromatic N) is 2. The van der Waals surface area contributed by atoms with Crippen LogP contribution in [0, 0.1) is 5.82 Å². The number of likely N-dealkylation sites (tertiary alicyclic amines) is 2. The number of rotatable bonds is 7. The molecule has 30 heavy (non-hydrogen) atoms. The van der Waals surface area contributed by atoms with Crippen molar-refractivity contribution >= 4 is 17.7 Å². The number of ether oxygens (including phenoxy) is 1. The molecule has 0 N–H and O–H groups in total. The Morgan fingerprint density at radius 1 is 1.10 bits per heavy atom. The topological polar surface area (TPSA) is 32.8 Å². The molecule has 0 aliphatic carbocycles. The molecule has 4 rings (SSSR count). The van der Waals surface area contributed by atoms with Gasteiger partial charge in [0.15, 0.2) is 0 Å². The van der Waals surface area contributed by atoms with Crippen molar-refractivity contribution in [3.05, 3.63) is 59.4 Å². The number of carbonyl (C=O) groups excluding carboxylic acids is 1. The molecule has 160 valence electrons. The van der Waals surface area contributed by atoms with E-state index in [2.05, 4.69) is 4.90 Å². The lowest BCUT2D eigenvalue weighted by Gasteiger charge is -2.28. The zero-order valence-electron chi connectivity index (χ0n) is 17.5. The number of halogens is 1. The van der Waals surface area contributed by atoms with E-state index in [-0.39, 0.29) is 17.5 Å². The Labute approximate surface area is 182 Å². The van der Waals surface area contributed by atoms with Crippen LogP contribution < -0.4 is 4.74 Å². The Bertz CT molecular complexity index is 868. The standard InChI is InChI=1S/C24H29FN2O2S/c1-30-21-9-6-18(7-10-21)17-29-20-8-11-22(23(25)15-20)24(28)27-14-4-5-19(27)16-26-12-2-3-13-26/h6-11,15,19H,2-5,12-14,16-17H2,1H3. The van der Waals surface area contributed by atoms with Crippen LogP contribution >= 0.6 is 11.8 Å². The molecule has 0 radical (unpaired) electrons. The van der Waals surface area contributed by atoms with Crippen LogP contribution in [0.1, 0.15) is 41.6 Å². The number of hydrogen-bond acceptors (Lipinski definition) is 4. The van der Waals surface area contributed by atoms with Gasteiger partial charge in [-0.2, -0.15) is 0 Å². The lowest BCUT2D eigenvalue weighted by atomic mass is 10.1. The van der Waals surface area contributed by atoms with Gasteiger partial charge in [0.25, 0.3) is 5.91 Å². The van der Waals surface area contributed by atoms with E-state index in [4.69, 9.17) is 4.74 Å². The summed E-state index contributed by atoms with van der Waals surface area (Å²) < 4.78 is 20.5. The molecule has 0 saturated carbocycles. The van der Waals surface area contributed by atoms with Gasteiger partial charge in [0, 0.05) is 30.1 Å². The Balaban J connectivity index is 1.38. The van der Waals surface area contributed by atoms with Crippen LogP contribution in [0.3, 0.4) is 0 Å². The van der Waals surface area contributed by atoms with Crippen molar-refractivity contribution in [2.24, 2.45) is 0 Å². The average molecular weight is 429 g/mol. The summed E-state index contributed by atoms with van der Waals surface area (Å²) in [5, 5.41) is 0. The molecule has 2 saturated heterocycles. The minimum Gasteiger partial charge on any atom is -0.489 e. The third-order valence-corrected chi connectivity index (χ3v) is 6.78. The number of hydrogen-bond donors (Lipinski definition) is 0. The summed E-state index contributed by atoms with van der Waals surface area (Å²) in [6.07, 6.45) is 6.49. The molecule has 0 aromatic heterocycles. The molecular weight excluding hydrogens is 399 g/mol. The lowest BCUT2D eigenvalue weighted by Crippen LogP contribution is -2.42. The second-order valence-electron chi connectivity index (χ2n) is 8.08. The maximum Gasteiger partial charge on any atom is 0.257 e. The fraction of sp³-hybridized carbons (Fsp3) is 0.458. The Morgan fingerprint density at radius 3 is 2.57 bits per heavy atom. The molecule has 0 bridgehead atoms. The van der Waals surface area contributed by atoms with E-state index in [1.807, 2.05) is 35.4 Å². The summed E-state index contributed by atoms with van der Waals surface area (Å²) in [6, 6.07) is 12.9. The molecule has 2 heterocycles. The van der Waals surface area contributed by atoms with Crippen LogP contribution in [0.15, 0.2) is 47.4 Å². The van der Waals surface area contributed by atoms with Gasteiger partial charge in [-0.25, -0.2) is 4.39 Å². The smallest absolute Gasteiger partial charge is 0.257 e. The van der Waals surface area contributed by atoms with Gasteiger partial charge in [-0.1, -0.05) is 12.1 Å². The first-order chi connectivity index (χ1) is 14.6. The minimum atomic E-state index is -0.512. The van der Waals surface area contributed by atoms with E-state index in [1.54, 1.807) is 23.9 Å². The fourth-order valence-corrected chi connectivity index (χ4v) is 4.77. The zero-order chi connectivity index (χ0) is 20.9. The van der Waals surface area contributed by atoms with Gasteiger partial charge < -0.3 is 14.5 Å². The van der Waals surface area contributed by atoms with Crippen LogP contribution in [-0.4, -0.2) is 54.2 Å². The molecule has 1 atom stereocenters. The molecule has 2 fully saturated rings. The first-order valence-corrected chi connectivity index (χ1v) is 11.9. The summed E-state index contributed by atoms with van der Waals surface area (Å²) in [5.41, 5.74) is 1.16. The molecule has 4 nitrogen and oxygen atoms in total. The fourth-order valence-electron chi connectivity index (χ4n) is 4.36. The van der Waals surface area contributed by atoms with Crippen LogP contribution in [0.4, 0.5) is 4.39 Å². The van der Waals surface area contributed by atoms with Gasteiger partial charge >= 0.3 is 0 Å². The first kappa shape index (κ1) is 21.2. The average Bonchev–Trinajstić information content (AvgIpc) is 3.45. The highest BCUT2D eigenvalue weighted by Gasteiger charge is 2.32. The van der Waals surface area contributed by atoms with E-state index >= 15 is 0 Å². The van der Waals surface area contributed by atoms with Crippen molar-refractivity contribution in [2.45, 2.75) is 43.2 Å². The Hall–Kier alpha value is -2.05. The summed E-state index contributed by atoms with van der Waals surface area (Å²) in [5.74, 6) is -0.275. The van der Waals surface area contributed by atoms with E-state index in [9.17, 15) is 9.18 Å². The van der Waals surface area contributed by atoms with Crippen molar-refractivity contribution < 1.29 is 13.9 Å². The summed E-state index contributed by atoms with van der Waals surface area (Å²) >= 11 is 1.69. The van der Waals surface area contributed by atoms with Crippen LogP contribution in [-0.2, 0) is 6.61 Å². The monoisotopic (exact) mass is 428 g/mol. The lowest BCUT2D eigenvalue weighted by molar-refractivity contribution is 0.0704. The zero-order valence-corrected chi connectivity index (χ0v) is 18.3. The second-order valence-corrected chi connectivity index (χ2v) is 8.96. The predicted octanol–water partition coefficient (Wildman–Crippen LogP) is 4.83. The Morgan fingerprint density at radius 2 is 1.87 bits per heavy atom. The summed E-state index contributed by atoms with van der Waals surface area (Å²) in [6.45, 7) is 4.20. The van der Waals surface area contributed by atoms with Gasteiger partial charge in [-0.05, 0) is 74.9 Å². The molecular formula is C24H29FN2O2S. The van der Waals surface area contributed by atoms with Crippen molar-refractivity contribution in [1.29, 1.82) is 0 Å². The molecule has 1 unspecified atom stereocenters. The maximum absolute atomic E-state index is 14.8. The molecule has 2 aliphatic rings. The quantitative estimate of drug-likeness (QED) is 0.592. The maximum atomic E-state index is 14.8. The van der Waals surface area contributed by atoms with Crippen molar-refractivity contribution in [3.63, 3.8) is 0 Å². The SMILES string of the molecule is CSc1ccc(COc2ccc(C(=O)N3CCCC3CN3CCCC3)c(F)c2)cc1. The largest absolute Gasteiger partial charge is 0.489 e. The van der Waals surface area contributed by atoms with Crippen molar-refractivity contribution in [2.75, 3.05) is 32.4 Å². The van der Waals surface area contributed by atoms with Crippen LogP contribution in [0.25, 0.3) is 0 Å². The second kappa shape index (κ2) is 9.84. The van der Waals surface area contributed by atoms with Crippen molar-refractivity contribution in [1.82, 2.24) is 9.80 Å². The highest BCUT2D eigenvalue weighted by atomic mass is 32.2. The number of benzene rings is 2. The molecule has 0 spiro atoms. The highest BCUT2D eigenvalue weighted by Crippen LogP contribution is 2.25. The van der Waals surface area contributed by atoms with Gasteiger partial charge in [0.2, 0.25) is 0 Å². The molecule has 6 heteroatoms. The first-order valence-electron chi connectivity index (χ1n) is 10.7. The number of thioether (sulfide) groups is 1.